The lowest BCUT2D eigenvalue weighted by Gasteiger charge is -2.42. The SMILES string of the molecule is C[C@@H]1/C=C/[C@@H](O)[C@H]2CC[C@H]2CN2CCCCc3cc(Cl)ccc3COc3ccc(cc32)C(=O)NS(=O)(=O)C[C@@H]1C. The summed E-state index contributed by atoms with van der Waals surface area (Å²) < 4.78 is 34.4. The van der Waals surface area contributed by atoms with Gasteiger partial charge in [-0.05, 0) is 97.2 Å². The largest absolute Gasteiger partial charge is 0.487 e. The molecule has 2 bridgehead atoms. The fraction of sp³-hybridized carbons (Fsp3) is 0.516. The highest BCUT2D eigenvalue weighted by Crippen LogP contribution is 2.41. The predicted octanol–water partition coefficient (Wildman–Crippen LogP) is 5.35. The Morgan fingerprint density at radius 2 is 1.88 bits per heavy atom. The zero-order chi connectivity index (χ0) is 28.4. The molecule has 2 aliphatic heterocycles. The van der Waals surface area contributed by atoms with Crippen molar-refractivity contribution in [1.82, 2.24) is 4.72 Å². The molecule has 0 radical (unpaired) electrons. The lowest BCUT2D eigenvalue weighted by atomic mass is 9.70. The standard InChI is InChI=1S/C31H39ClN2O5S/c1-20-6-12-29(35)27-11-8-24(27)17-34-14-4-3-5-22-15-26(32)10-7-25(22)18-39-30-13-9-23(16-28(30)34)31(36)33-40(37,38)19-21(20)2/h6-7,9-10,12-13,15-16,20-21,24,27,29,35H,3-5,8,11,14,17-19H2,1-2H3,(H,33,36)/b12-6+/t20-,21+,24+,27+,29-/m1/s1. The number of carbonyl (C=O) groups is 1. The summed E-state index contributed by atoms with van der Waals surface area (Å²) in [7, 11) is -3.86. The molecule has 0 unspecified atom stereocenters. The summed E-state index contributed by atoms with van der Waals surface area (Å²) in [6.45, 7) is 5.62. The molecule has 0 spiro atoms. The van der Waals surface area contributed by atoms with Crippen LogP contribution in [0.25, 0.3) is 0 Å². The molecule has 1 amide bonds. The van der Waals surface area contributed by atoms with Gasteiger partial charge >= 0.3 is 0 Å². The van der Waals surface area contributed by atoms with Crippen molar-refractivity contribution < 1.29 is 23.1 Å². The number of hydrogen-bond acceptors (Lipinski definition) is 6. The van der Waals surface area contributed by atoms with E-state index in [9.17, 15) is 18.3 Å². The molecule has 5 atom stereocenters. The summed E-state index contributed by atoms with van der Waals surface area (Å²) in [6.07, 6.45) is 7.92. The number of fused-ring (bicyclic) bond motifs is 3. The number of anilines is 1. The molecule has 0 saturated heterocycles. The van der Waals surface area contributed by atoms with Gasteiger partial charge < -0.3 is 14.7 Å². The van der Waals surface area contributed by atoms with Gasteiger partial charge in [0.1, 0.15) is 12.4 Å². The van der Waals surface area contributed by atoms with E-state index in [0.717, 1.165) is 56.4 Å². The monoisotopic (exact) mass is 586 g/mol. The molecule has 3 aliphatic rings. The fourth-order valence-electron chi connectivity index (χ4n) is 5.99. The maximum Gasteiger partial charge on any atom is 0.264 e. The van der Waals surface area contributed by atoms with Crippen molar-refractivity contribution >= 4 is 33.2 Å². The number of rotatable bonds is 0. The van der Waals surface area contributed by atoms with Gasteiger partial charge in [0.25, 0.3) is 5.91 Å². The van der Waals surface area contributed by atoms with Crippen molar-refractivity contribution in [2.75, 3.05) is 23.7 Å². The molecule has 1 aliphatic carbocycles. The van der Waals surface area contributed by atoms with Crippen LogP contribution in [0.1, 0.15) is 61.0 Å². The van der Waals surface area contributed by atoms with Gasteiger partial charge in [-0.15, -0.1) is 0 Å². The summed E-state index contributed by atoms with van der Waals surface area (Å²) in [5.74, 6) is -0.0501. The number of allylic oxidation sites excluding steroid dienone is 1. The number of aliphatic hydroxyl groups is 1. The number of carbonyl (C=O) groups excluding carboxylic acids is 1. The maximum absolute atomic E-state index is 13.2. The molecular formula is C31H39ClN2O5S. The first-order chi connectivity index (χ1) is 19.1. The van der Waals surface area contributed by atoms with Crippen LogP contribution in [0.3, 0.4) is 0 Å². The van der Waals surface area contributed by atoms with E-state index in [4.69, 9.17) is 16.3 Å². The Hall–Kier alpha value is -2.55. The molecule has 1 fully saturated rings. The lowest BCUT2D eigenvalue weighted by molar-refractivity contribution is 0.0459. The van der Waals surface area contributed by atoms with Gasteiger partial charge in [0, 0.05) is 23.7 Å². The van der Waals surface area contributed by atoms with Crippen molar-refractivity contribution in [3.05, 3.63) is 70.3 Å². The van der Waals surface area contributed by atoms with Crippen molar-refractivity contribution in [3.63, 3.8) is 0 Å². The van der Waals surface area contributed by atoms with Crippen LogP contribution in [0.4, 0.5) is 5.69 Å². The molecule has 1 saturated carbocycles. The number of aryl methyl sites for hydroxylation is 1. The Balaban J connectivity index is 1.53. The van der Waals surface area contributed by atoms with Crippen LogP contribution < -0.4 is 14.4 Å². The number of halogens is 1. The number of amides is 1. The number of nitrogens with zero attached hydrogens (tertiary/aromatic N) is 1. The highest BCUT2D eigenvalue weighted by atomic mass is 35.5. The summed E-state index contributed by atoms with van der Waals surface area (Å²) in [5, 5.41) is 11.7. The van der Waals surface area contributed by atoms with Crippen LogP contribution in [0.2, 0.25) is 5.02 Å². The van der Waals surface area contributed by atoms with Crippen LogP contribution >= 0.6 is 11.6 Å². The molecule has 0 aromatic heterocycles. The van der Waals surface area contributed by atoms with Crippen LogP contribution in [0, 0.1) is 23.7 Å². The molecule has 216 valence electrons. The van der Waals surface area contributed by atoms with Crippen molar-refractivity contribution in [1.29, 1.82) is 0 Å². The predicted molar refractivity (Wildman–Crippen MR) is 158 cm³/mol. The first-order valence-corrected chi connectivity index (χ1v) is 16.3. The molecule has 40 heavy (non-hydrogen) atoms. The summed E-state index contributed by atoms with van der Waals surface area (Å²) >= 11 is 6.29. The topological polar surface area (TPSA) is 95.9 Å². The normalized spacial score (nSPS) is 29.9. The van der Waals surface area contributed by atoms with Gasteiger partial charge in [-0.3, -0.25) is 4.79 Å². The molecule has 2 heterocycles. The van der Waals surface area contributed by atoms with Gasteiger partial charge in [0.05, 0.1) is 17.5 Å². The second kappa shape index (κ2) is 12.1. The minimum absolute atomic E-state index is 0.0687. The first kappa shape index (κ1) is 29.0. The molecule has 5 rings (SSSR count). The zero-order valence-corrected chi connectivity index (χ0v) is 24.8. The second-order valence-electron chi connectivity index (χ2n) is 11.7. The highest BCUT2D eigenvalue weighted by Gasteiger charge is 2.37. The maximum atomic E-state index is 13.2. The third kappa shape index (κ3) is 6.67. The smallest absolute Gasteiger partial charge is 0.264 e. The number of sulfonamides is 1. The Labute approximate surface area is 242 Å². The quantitative estimate of drug-likeness (QED) is 0.404. The van der Waals surface area contributed by atoms with Crippen LogP contribution in [0.5, 0.6) is 5.75 Å². The molecule has 7 nitrogen and oxygen atoms in total. The Bertz CT molecular complexity index is 1380. The van der Waals surface area contributed by atoms with E-state index in [1.165, 1.54) is 5.56 Å². The zero-order valence-electron chi connectivity index (χ0n) is 23.2. The van der Waals surface area contributed by atoms with E-state index in [1.807, 2.05) is 44.2 Å². The Morgan fingerprint density at radius 3 is 2.65 bits per heavy atom. The summed E-state index contributed by atoms with van der Waals surface area (Å²) in [4.78, 5) is 15.4. The van der Waals surface area contributed by atoms with Crippen LogP contribution in [-0.4, -0.2) is 44.4 Å². The van der Waals surface area contributed by atoms with E-state index in [0.29, 0.717) is 23.3 Å². The fourth-order valence-corrected chi connectivity index (χ4v) is 7.67. The Kier molecular flexibility index (Phi) is 8.78. The highest BCUT2D eigenvalue weighted by molar-refractivity contribution is 7.90. The number of nitrogens with one attached hydrogen (secondary N) is 1. The van der Waals surface area contributed by atoms with Crippen molar-refractivity contribution in [2.24, 2.45) is 23.7 Å². The van der Waals surface area contributed by atoms with Gasteiger partial charge in [-0.25, -0.2) is 13.1 Å². The van der Waals surface area contributed by atoms with E-state index in [-0.39, 0.29) is 29.1 Å². The minimum atomic E-state index is -3.86. The summed E-state index contributed by atoms with van der Waals surface area (Å²) in [5.41, 5.74) is 3.29. The van der Waals surface area contributed by atoms with E-state index >= 15 is 0 Å². The Morgan fingerprint density at radius 1 is 1.05 bits per heavy atom. The van der Waals surface area contributed by atoms with Gasteiger partial charge in [0.15, 0.2) is 0 Å². The molecule has 2 N–H and O–H groups in total. The van der Waals surface area contributed by atoms with Crippen molar-refractivity contribution in [3.8, 4) is 5.75 Å². The molecule has 2 aromatic rings. The number of hydrogen-bond donors (Lipinski definition) is 2. The molecular weight excluding hydrogens is 548 g/mol. The van der Waals surface area contributed by atoms with Gasteiger partial charge in [-0.2, -0.15) is 0 Å². The second-order valence-corrected chi connectivity index (χ2v) is 13.9. The first-order valence-electron chi connectivity index (χ1n) is 14.3. The molecule has 9 heteroatoms. The van der Waals surface area contributed by atoms with Gasteiger partial charge in [0.2, 0.25) is 10.0 Å². The van der Waals surface area contributed by atoms with E-state index in [1.54, 1.807) is 18.2 Å². The number of benzene rings is 2. The van der Waals surface area contributed by atoms with E-state index in [2.05, 4.69) is 9.62 Å². The third-order valence-electron chi connectivity index (χ3n) is 8.85. The van der Waals surface area contributed by atoms with Gasteiger partial charge in [-0.1, -0.05) is 43.7 Å². The molecule has 2 aromatic carbocycles. The average molecular weight is 587 g/mol. The summed E-state index contributed by atoms with van der Waals surface area (Å²) in [6, 6.07) is 11.0. The lowest BCUT2D eigenvalue weighted by Crippen LogP contribution is -2.43. The average Bonchev–Trinajstić information content (AvgIpc) is 2.91. The minimum Gasteiger partial charge on any atom is -0.487 e. The van der Waals surface area contributed by atoms with Crippen molar-refractivity contribution in [2.45, 2.75) is 58.7 Å². The van der Waals surface area contributed by atoms with Crippen LogP contribution in [0.15, 0.2) is 48.6 Å². The number of aliphatic hydroxyl groups excluding tert-OH is 1. The van der Waals surface area contributed by atoms with E-state index < -0.39 is 22.0 Å². The third-order valence-corrected chi connectivity index (χ3v) is 10.5. The number of ether oxygens (including phenoxy) is 1. The van der Waals surface area contributed by atoms with Crippen LogP contribution in [-0.2, 0) is 23.1 Å².